The number of anilines is 1. The Balaban J connectivity index is 1.95. The lowest BCUT2D eigenvalue weighted by molar-refractivity contribution is 0.203. The molecule has 1 saturated carbocycles. The molecule has 3 nitrogen and oxygen atoms in total. The van der Waals surface area contributed by atoms with Gasteiger partial charge in [0.15, 0.2) is 0 Å². The van der Waals surface area contributed by atoms with Crippen molar-refractivity contribution in [1.29, 1.82) is 0 Å². The Bertz CT molecular complexity index is 341. The van der Waals surface area contributed by atoms with Crippen LogP contribution < -0.4 is 5.32 Å². The van der Waals surface area contributed by atoms with Crippen LogP contribution >= 0.6 is 0 Å². The van der Waals surface area contributed by atoms with Gasteiger partial charge >= 0.3 is 0 Å². The third-order valence-corrected chi connectivity index (χ3v) is 3.39. The van der Waals surface area contributed by atoms with E-state index in [1.807, 2.05) is 19.3 Å². The zero-order chi connectivity index (χ0) is 12.3. The standard InChI is InChI=1S/C14H23N3/c1-11(2)17(9-12-4-5-12)10-13-6-7-14(15-3)16-8-13/h6-8,11-12H,4-5,9-10H2,1-3H3,(H,15,16). The quantitative estimate of drug-likeness (QED) is 0.819. The molecule has 0 amide bonds. The number of rotatable bonds is 6. The Hall–Kier alpha value is -1.09. The molecule has 1 heterocycles. The van der Waals surface area contributed by atoms with Crippen LogP contribution in [-0.4, -0.2) is 29.5 Å². The maximum atomic E-state index is 4.37. The highest BCUT2D eigenvalue weighted by molar-refractivity contribution is 5.34. The topological polar surface area (TPSA) is 28.2 Å². The van der Waals surface area contributed by atoms with Gasteiger partial charge in [-0.1, -0.05) is 6.07 Å². The van der Waals surface area contributed by atoms with E-state index in [4.69, 9.17) is 0 Å². The number of hydrogen-bond donors (Lipinski definition) is 1. The second-order valence-electron chi connectivity index (χ2n) is 5.27. The summed E-state index contributed by atoms with van der Waals surface area (Å²) >= 11 is 0. The van der Waals surface area contributed by atoms with Crippen LogP contribution in [-0.2, 0) is 6.54 Å². The number of nitrogens with one attached hydrogen (secondary N) is 1. The minimum Gasteiger partial charge on any atom is -0.373 e. The lowest BCUT2D eigenvalue weighted by Gasteiger charge is -2.26. The van der Waals surface area contributed by atoms with E-state index in [2.05, 4.69) is 35.1 Å². The second kappa shape index (κ2) is 5.50. The van der Waals surface area contributed by atoms with Gasteiger partial charge in [-0.2, -0.15) is 0 Å². The van der Waals surface area contributed by atoms with Crippen LogP contribution in [0.1, 0.15) is 32.3 Å². The number of hydrogen-bond acceptors (Lipinski definition) is 3. The van der Waals surface area contributed by atoms with E-state index in [1.165, 1.54) is 24.9 Å². The van der Waals surface area contributed by atoms with Crippen molar-refractivity contribution in [3.8, 4) is 0 Å². The molecule has 1 aromatic heterocycles. The molecule has 3 heteroatoms. The molecular formula is C14H23N3. The Morgan fingerprint density at radius 3 is 2.65 bits per heavy atom. The van der Waals surface area contributed by atoms with E-state index >= 15 is 0 Å². The van der Waals surface area contributed by atoms with Gasteiger partial charge in [0.25, 0.3) is 0 Å². The van der Waals surface area contributed by atoms with E-state index in [1.54, 1.807) is 0 Å². The van der Waals surface area contributed by atoms with Crippen LogP contribution in [0, 0.1) is 5.92 Å². The Morgan fingerprint density at radius 2 is 2.18 bits per heavy atom. The second-order valence-corrected chi connectivity index (χ2v) is 5.27. The van der Waals surface area contributed by atoms with Crippen molar-refractivity contribution in [2.75, 3.05) is 18.9 Å². The van der Waals surface area contributed by atoms with Crippen LogP contribution in [0.25, 0.3) is 0 Å². The molecule has 1 fully saturated rings. The Labute approximate surface area is 104 Å². The van der Waals surface area contributed by atoms with Crippen LogP contribution in [0.4, 0.5) is 5.82 Å². The molecule has 0 spiro atoms. The molecule has 1 N–H and O–H groups in total. The molecule has 1 aliphatic rings. The lowest BCUT2D eigenvalue weighted by Crippen LogP contribution is -2.32. The van der Waals surface area contributed by atoms with E-state index < -0.39 is 0 Å². The van der Waals surface area contributed by atoms with E-state index in [-0.39, 0.29) is 0 Å². The summed E-state index contributed by atoms with van der Waals surface area (Å²) in [5, 5.41) is 3.05. The molecule has 17 heavy (non-hydrogen) atoms. The van der Waals surface area contributed by atoms with Gasteiger partial charge in [-0.25, -0.2) is 4.98 Å². The molecule has 0 unspecified atom stereocenters. The molecule has 1 aliphatic carbocycles. The van der Waals surface area contributed by atoms with E-state index in [0.29, 0.717) is 6.04 Å². The maximum Gasteiger partial charge on any atom is 0.125 e. The molecule has 0 aliphatic heterocycles. The predicted molar refractivity (Wildman–Crippen MR) is 72.1 cm³/mol. The molecule has 0 saturated heterocycles. The van der Waals surface area contributed by atoms with Crippen molar-refractivity contribution in [1.82, 2.24) is 9.88 Å². The van der Waals surface area contributed by atoms with Gasteiger partial charge < -0.3 is 5.32 Å². The zero-order valence-electron chi connectivity index (χ0n) is 11.1. The van der Waals surface area contributed by atoms with E-state index in [0.717, 1.165) is 18.3 Å². The summed E-state index contributed by atoms with van der Waals surface area (Å²) in [7, 11) is 1.90. The summed E-state index contributed by atoms with van der Waals surface area (Å²) in [4.78, 5) is 6.92. The van der Waals surface area contributed by atoms with E-state index in [9.17, 15) is 0 Å². The van der Waals surface area contributed by atoms with Crippen molar-refractivity contribution >= 4 is 5.82 Å². The lowest BCUT2D eigenvalue weighted by atomic mass is 10.2. The summed E-state index contributed by atoms with van der Waals surface area (Å²) in [6.45, 7) is 6.81. The van der Waals surface area contributed by atoms with Gasteiger partial charge in [0.1, 0.15) is 5.82 Å². The summed E-state index contributed by atoms with van der Waals surface area (Å²) in [5.74, 6) is 1.88. The molecule has 0 atom stereocenters. The Kier molecular flexibility index (Phi) is 4.00. The fourth-order valence-corrected chi connectivity index (χ4v) is 1.99. The number of pyridine rings is 1. The predicted octanol–water partition coefficient (Wildman–Crippen LogP) is 2.74. The molecule has 0 aromatic carbocycles. The fraction of sp³-hybridized carbons (Fsp3) is 0.643. The van der Waals surface area contributed by atoms with Gasteiger partial charge in [-0.3, -0.25) is 4.90 Å². The van der Waals surface area contributed by atoms with Gasteiger partial charge in [-0.05, 0) is 44.2 Å². The van der Waals surface area contributed by atoms with Crippen LogP contribution in [0.5, 0.6) is 0 Å². The monoisotopic (exact) mass is 233 g/mol. The summed E-state index contributed by atoms with van der Waals surface area (Å²) in [6.07, 6.45) is 4.81. The highest BCUT2D eigenvalue weighted by atomic mass is 15.1. The summed E-state index contributed by atoms with van der Waals surface area (Å²) in [6, 6.07) is 4.83. The van der Waals surface area contributed by atoms with Crippen molar-refractivity contribution < 1.29 is 0 Å². The number of nitrogens with zero attached hydrogens (tertiary/aromatic N) is 2. The molecule has 0 radical (unpaired) electrons. The molecule has 0 bridgehead atoms. The maximum absolute atomic E-state index is 4.37. The first-order chi connectivity index (χ1) is 8.19. The van der Waals surface area contributed by atoms with Gasteiger partial charge in [0, 0.05) is 32.4 Å². The third kappa shape index (κ3) is 3.70. The summed E-state index contributed by atoms with van der Waals surface area (Å²) < 4.78 is 0. The van der Waals surface area contributed by atoms with Crippen LogP contribution in [0.3, 0.4) is 0 Å². The summed E-state index contributed by atoms with van der Waals surface area (Å²) in [5.41, 5.74) is 1.30. The fourth-order valence-electron chi connectivity index (χ4n) is 1.99. The van der Waals surface area contributed by atoms with Gasteiger partial charge in [-0.15, -0.1) is 0 Å². The molecule has 2 rings (SSSR count). The first-order valence-electron chi connectivity index (χ1n) is 6.55. The average Bonchev–Trinajstić information content (AvgIpc) is 3.13. The normalized spacial score (nSPS) is 15.6. The van der Waals surface area contributed by atoms with Gasteiger partial charge in [0.05, 0.1) is 0 Å². The minimum atomic E-state index is 0.611. The highest BCUT2D eigenvalue weighted by Crippen LogP contribution is 2.30. The SMILES string of the molecule is CNc1ccc(CN(CC2CC2)C(C)C)cn1. The molecule has 1 aromatic rings. The van der Waals surface area contributed by atoms with Crippen molar-refractivity contribution in [2.45, 2.75) is 39.3 Å². The van der Waals surface area contributed by atoms with Crippen LogP contribution in [0.2, 0.25) is 0 Å². The smallest absolute Gasteiger partial charge is 0.125 e. The van der Waals surface area contributed by atoms with Crippen molar-refractivity contribution in [3.63, 3.8) is 0 Å². The molecule has 94 valence electrons. The highest BCUT2D eigenvalue weighted by Gasteiger charge is 2.25. The third-order valence-electron chi connectivity index (χ3n) is 3.39. The largest absolute Gasteiger partial charge is 0.373 e. The van der Waals surface area contributed by atoms with Crippen molar-refractivity contribution in [3.05, 3.63) is 23.9 Å². The minimum absolute atomic E-state index is 0.611. The van der Waals surface area contributed by atoms with Crippen molar-refractivity contribution in [2.24, 2.45) is 5.92 Å². The first kappa shape index (κ1) is 12.4. The molecular weight excluding hydrogens is 210 g/mol. The van der Waals surface area contributed by atoms with Gasteiger partial charge in [0.2, 0.25) is 0 Å². The zero-order valence-corrected chi connectivity index (χ0v) is 11.1. The Morgan fingerprint density at radius 1 is 1.41 bits per heavy atom. The average molecular weight is 233 g/mol. The van der Waals surface area contributed by atoms with Crippen LogP contribution in [0.15, 0.2) is 18.3 Å². The number of aromatic nitrogens is 1. The first-order valence-corrected chi connectivity index (χ1v) is 6.55.